The zero-order chi connectivity index (χ0) is 12.8. The maximum atomic E-state index is 12.3. The number of nitrogens with zero attached hydrogens (tertiary/aromatic N) is 2. The third-order valence-corrected chi connectivity index (χ3v) is 3.59. The molecule has 0 aliphatic heterocycles. The summed E-state index contributed by atoms with van der Waals surface area (Å²) in [6.07, 6.45) is 5.52. The summed E-state index contributed by atoms with van der Waals surface area (Å²) in [6.45, 7) is 3.70. The van der Waals surface area contributed by atoms with Crippen molar-refractivity contribution in [3.8, 4) is 0 Å². The van der Waals surface area contributed by atoms with Gasteiger partial charge in [0.25, 0.3) is 0 Å². The first-order valence-electron chi connectivity index (χ1n) is 6.77. The highest BCUT2D eigenvalue weighted by atomic mass is 16.2. The lowest BCUT2D eigenvalue weighted by Crippen LogP contribution is -2.49. The Morgan fingerprint density at radius 1 is 1.29 bits per heavy atom. The molecule has 0 aromatic heterocycles. The number of carbonyl (C=O) groups excluding carboxylic acids is 1. The van der Waals surface area contributed by atoms with Crippen molar-refractivity contribution in [3.05, 3.63) is 0 Å². The molecule has 1 saturated carbocycles. The number of nitrogens with two attached hydrogens (primary N) is 1. The molecule has 0 spiro atoms. The van der Waals surface area contributed by atoms with Crippen LogP contribution in [-0.4, -0.2) is 55.0 Å². The first-order valence-corrected chi connectivity index (χ1v) is 6.77. The fourth-order valence-electron chi connectivity index (χ4n) is 2.38. The van der Waals surface area contributed by atoms with Crippen LogP contribution in [0.15, 0.2) is 0 Å². The molecule has 0 saturated heterocycles. The van der Waals surface area contributed by atoms with E-state index < -0.39 is 0 Å². The quantitative estimate of drug-likeness (QED) is 0.756. The van der Waals surface area contributed by atoms with E-state index in [0.29, 0.717) is 6.04 Å². The minimum atomic E-state index is -0.322. The Balaban J connectivity index is 2.60. The van der Waals surface area contributed by atoms with Gasteiger partial charge >= 0.3 is 0 Å². The molecule has 0 heterocycles. The second-order valence-corrected chi connectivity index (χ2v) is 5.29. The minimum Gasteiger partial charge on any atom is -0.337 e. The van der Waals surface area contributed by atoms with E-state index in [0.717, 1.165) is 32.4 Å². The number of amides is 1. The lowest BCUT2D eigenvalue weighted by molar-refractivity contribution is -0.135. The molecule has 1 unspecified atom stereocenters. The van der Waals surface area contributed by atoms with Crippen molar-refractivity contribution in [2.24, 2.45) is 5.73 Å². The van der Waals surface area contributed by atoms with Crippen LogP contribution in [0.25, 0.3) is 0 Å². The van der Waals surface area contributed by atoms with Crippen molar-refractivity contribution in [2.75, 3.05) is 27.2 Å². The van der Waals surface area contributed by atoms with E-state index in [-0.39, 0.29) is 11.9 Å². The Morgan fingerprint density at radius 3 is 2.35 bits per heavy atom. The van der Waals surface area contributed by atoms with Crippen LogP contribution in [0.2, 0.25) is 0 Å². The number of hydrogen-bond acceptors (Lipinski definition) is 3. The van der Waals surface area contributed by atoms with Gasteiger partial charge in [0.15, 0.2) is 0 Å². The van der Waals surface area contributed by atoms with Gasteiger partial charge in [0.05, 0.1) is 6.04 Å². The highest BCUT2D eigenvalue weighted by Crippen LogP contribution is 2.24. The molecule has 100 valence electrons. The van der Waals surface area contributed by atoms with Crippen molar-refractivity contribution >= 4 is 5.91 Å². The van der Waals surface area contributed by atoms with Crippen LogP contribution < -0.4 is 5.73 Å². The number of hydrogen-bond donors (Lipinski definition) is 1. The van der Waals surface area contributed by atoms with Crippen LogP contribution in [-0.2, 0) is 4.79 Å². The summed E-state index contributed by atoms with van der Waals surface area (Å²) >= 11 is 0. The highest BCUT2D eigenvalue weighted by molar-refractivity contribution is 5.81. The minimum absolute atomic E-state index is 0.140. The molecule has 1 aliphatic carbocycles. The number of rotatable bonds is 6. The topological polar surface area (TPSA) is 49.6 Å². The number of carbonyl (C=O) groups is 1. The normalized spacial score (nSPS) is 18.6. The lowest BCUT2D eigenvalue weighted by Gasteiger charge is -2.32. The van der Waals surface area contributed by atoms with Crippen molar-refractivity contribution in [2.45, 2.75) is 51.1 Å². The molecular weight excluding hydrogens is 214 g/mol. The van der Waals surface area contributed by atoms with E-state index in [9.17, 15) is 4.79 Å². The van der Waals surface area contributed by atoms with E-state index in [1.807, 2.05) is 25.9 Å². The predicted molar refractivity (Wildman–Crippen MR) is 70.8 cm³/mol. The molecule has 17 heavy (non-hydrogen) atoms. The Morgan fingerprint density at radius 2 is 1.88 bits per heavy atom. The second-order valence-electron chi connectivity index (χ2n) is 5.29. The molecule has 1 atom stereocenters. The molecule has 0 bridgehead atoms. The monoisotopic (exact) mass is 241 g/mol. The van der Waals surface area contributed by atoms with Gasteiger partial charge in [-0.15, -0.1) is 0 Å². The maximum Gasteiger partial charge on any atom is 0.239 e. The largest absolute Gasteiger partial charge is 0.337 e. The van der Waals surface area contributed by atoms with E-state index >= 15 is 0 Å². The smallest absolute Gasteiger partial charge is 0.239 e. The summed E-state index contributed by atoms with van der Waals surface area (Å²) in [6, 6.07) is 0.109. The van der Waals surface area contributed by atoms with Crippen molar-refractivity contribution in [3.63, 3.8) is 0 Å². The van der Waals surface area contributed by atoms with E-state index in [2.05, 4.69) is 4.90 Å². The Labute approximate surface area is 105 Å². The second kappa shape index (κ2) is 6.97. The molecule has 1 amide bonds. The first-order chi connectivity index (χ1) is 8.06. The summed E-state index contributed by atoms with van der Waals surface area (Å²) in [5.74, 6) is 0.140. The summed E-state index contributed by atoms with van der Waals surface area (Å²) in [7, 11) is 4.08. The average Bonchev–Trinajstić information content (AvgIpc) is 2.81. The van der Waals surface area contributed by atoms with Gasteiger partial charge in [0, 0.05) is 19.1 Å². The van der Waals surface area contributed by atoms with Crippen molar-refractivity contribution in [1.82, 2.24) is 9.80 Å². The summed E-state index contributed by atoms with van der Waals surface area (Å²) in [5, 5.41) is 0. The van der Waals surface area contributed by atoms with Crippen LogP contribution in [0.4, 0.5) is 0 Å². The Kier molecular flexibility index (Phi) is 5.92. The molecule has 1 fully saturated rings. The summed E-state index contributed by atoms with van der Waals surface area (Å²) in [4.78, 5) is 16.4. The fraction of sp³-hybridized carbons (Fsp3) is 0.923. The summed E-state index contributed by atoms with van der Waals surface area (Å²) < 4.78 is 0. The fourth-order valence-corrected chi connectivity index (χ4v) is 2.38. The van der Waals surface area contributed by atoms with E-state index in [1.54, 1.807) is 0 Å². The molecule has 1 aliphatic rings. The standard InChI is InChI=1S/C13H27N3O/c1-4-12(14)13(17)16(10-9-15(2)3)11-7-5-6-8-11/h11-12H,4-10,14H2,1-3H3. The van der Waals surface area contributed by atoms with Gasteiger partial charge < -0.3 is 15.5 Å². The molecule has 0 aromatic rings. The van der Waals surface area contributed by atoms with Gasteiger partial charge in [-0.25, -0.2) is 0 Å². The van der Waals surface area contributed by atoms with Crippen LogP contribution >= 0.6 is 0 Å². The maximum absolute atomic E-state index is 12.3. The number of likely N-dealkylation sites (N-methyl/N-ethyl adjacent to an activating group) is 1. The molecule has 4 heteroatoms. The molecule has 0 radical (unpaired) electrons. The van der Waals surface area contributed by atoms with Gasteiger partial charge in [0.1, 0.15) is 0 Å². The molecule has 2 N–H and O–H groups in total. The van der Waals surface area contributed by atoms with Crippen LogP contribution in [0.3, 0.4) is 0 Å². The third kappa shape index (κ3) is 4.28. The van der Waals surface area contributed by atoms with Crippen molar-refractivity contribution in [1.29, 1.82) is 0 Å². The lowest BCUT2D eigenvalue weighted by atomic mass is 10.1. The van der Waals surface area contributed by atoms with Crippen LogP contribution in [0.5, 0.6) is 0 Å². The highest BCUT2D eigenvalue weighted by Gasteiger charge is 2.28. The van der Waals surface area contributed by atoms with Crippen molar-refractivity contribution < 1.29 is 4.79 Å². The van der Waals surface area contributed by atoms with Gasteiger partial charge in [-0.2, -0.15) is 0 Å². The average molecular weight is 241 g/mol. The Hall–Kier alpha value is -0.610. The SMILES string of the molecule is CCC(N)C(=O)N(CCN(C)C)C1CCCC1. The van der Waals surface area contributed by atoms with Crippen LogP contribution in [0.1, 0.15) is 39.0 Å². The zero-order valence-corrected chi connectivity index (χ0v) is 11.5. The first kappa shape index (κ1) is 14.5. The summed E-state index contributed by atoms with van der Waals surface area (Å²) in [5.41, 5.74) is 5.89. The van der Waals surface area contributed by atoms with Gasteiger partial charge in [0.2, 0.25) is 5.91 Å². The third-order valence-electron chi connectivity index (χ3n) is 3.59. The zero-order valence-electron chi connectivity index (χ0n) is 11.5. The van der Waals surface area contributed by atoms with Gasteiger partial charge in [-0.3, -0.25) is 4.79 Å². The van der Waals surface area contributed by atoms with E-state index in [1.165, 1.54) is 12.8 Å². The van der Waals surface area contributed by atoms with E-state index in [4.69, 9.17) is 5.73 Å². The van der Waals surface area contributed by atoms with Crippen LogP contribution in [0, 0.1) is 0 Å². The molecule has 1 rings (SSSR count). The predicted octanol–water partition coefficient (Wildman–Crippen LogP) is 1.06. The molecule has 4 nitrogen and oxygen atoms in total. The van der Waals surface area contributed by atoms with Gasteiger partial charge in [-0.05, 0) is 33.4 Å². The molecular formula is C13H27N3O. The Bertz CT molecular complexity index is 237. The molecule has 0 aromatic carbocycles. The van der Waals surface area contributed by atoms with Gasteiger partial charge in [-0.1, -0.05) is 19.8 Å².